The molecule has 1 fully saturated rings. The maximum absolute atomic E-state index is 13.1. The molecule has 28 heavy (non-hydrogen) atoms. The summed E-state index contributed by atoms with van der Waals surface area (Å²) in [6.07, 6.45) is -2.74. The van der Waals surface area contributed by atoms with E-state index >= 15 is 0 Å². The van der Waals surface area contributed by atoms with Gasteiger partial charge in [0, 0.05) is 30.7 Å². The summed E-state index contributed by atoms with van der Waals surface area (Å²) in [4.78, 5) is 4.13. The minimum atomic E-state index is -2.74. The molecule has 1 aromatic carbocycles. The number of nitrogens with zero attached hydrogens (tertiary/aromatic N) is 7. The highest BCUT2D eigenvalue weighted by atomic mass is 79.9. The van der Waals surface area contributed by atoms with Gasteiger partial charge in [-0.25, -0.2) is 8.78 Å². The molecule has 1 aliphatic heterocycles. The predicted molar refractivity (Wildman–Crippen MR) is 102 cm³/mol. The summed E-state index contributed by atoms with van der Waals surface area (Å²) in [6, 6.07) is 13.2. The van der Waals surface area contributed by atoms with Crippen LogP contribution in [0, 0.1) is 11.3 Å². The van der Waals surface area contributed by atoms with Crippen LogP contribution in [0.3, 0.4) is 0 Å². The molecular formula is C18H16BrF2N7. The Morgan fingerprint density at radius 1 is 1.00 bits per heavy atom. The molecule has 3 aromatic rings. The van der Waals surface area contributed by atoms with Crippen molar-refractivity contribution in [3.05, 3.63) is 52.3 Å². The number of aromatic nitrogens is 4. The van der Waals surface area contributed by atoms with Gasteiger partial charge in [0.1, 0.15) is 11.9 Å². The summed E-state index contributed by atoms with van der Waals surface area (Å²) < 4.78 is 28.2. The van der Waals surface area contributed by atoms with Crippen molar-refractivity contribution in [1.82, 2.24) is 24.7 Å². The molecule has 0 N–H and O–H groups in total. The van der Waals surface area contributed by atoms with Crippen molar-refractivity contribution in [2.24, 2.45) is 0 Å². The Balaban J connectivity index is 1.49. The van der Waals surface area contributed by atoms with Crippen LogP contribution in [0.15, 0.2) is 40.9 Å². The van der Waals surface area contributed by atoms with Gasteiger partial charge in [-0.05, 0) is 29.8 Å². The Kier molecular flexibility index (Phi) is 5.19. The first kappa shape index (κ1) is 18.7. The molecule has 0 saturated carbocycles. The second kappa shape index (κ2) is 7.77. The molecule has 0 radical (unpaired) electrons. The van der Waals surface area contributed by atoms with Crippen LogP contribution in [0.2, 0.25) is 0 Å². The van der Waals surface area contributed by atoms with E-state index in [0.29, 0.717) is 32.0 Å². The fourth-order valence-corrected chi connectivity index (χ4v) is 3.59. The monoisotopic (exact) mass is 447 g/mol. The number of fused-ring (bicyclic) bond motifs is 1. The van der Waals surface area contributed by atoms with Gasteiger partial charge in [-0.3, -0.25) is 4.90 Å². The molecular weight excluding hydrogens is 432 g/mol. The van der Waals surface area contributed by atoms with Gasteiger partial charge in [0.25, 0.3) is 6.43 Å². The van der Waals surface area contributed by atoms with Crippen LogP contribution in [0.5, 0.6) is 0 Å². The largest absolute Gasteiger partial charge is 0.353 e. The Morgan fingerprint density at radius 3 is 2.36 bits per heavy atom. The smallest absolute Gasteiger partial charge is 0.299 e. The molecule has 144 valence electrons. The Bertz CT molecular complexity index is 1010. The Morgan fingerprint density at radius 2 is 1.71 bits per heavy atom. The second-order valence-electron chi connectivity index (χ2n) is 6.43. The van der Waals surface area contributed by atoms with Crippen LogP contribution in [-0.4, -0.2) is 50.9 Å². The van der Waals surface area contributed by atoms with Gasteiger partial charge in [0.05, 0.1) is 6.07 Å². The van der Waals surface area contributed by atoms with Gasteiger partial charge in [0.2, 0.25) is 5.82 Å². The molecule has 0 amide bonds. The standard InChI is InChI=1S/C18H16BrF2N7/c19-13-3-1-12(2-4-13)14(11-22)26-7-9-27(10-8-26)16-6-5-15-23-24-18(17(20)21)28(15)25-16/h1-6,14,17H,7-10H2. The number of nitriles is 1. The first-order valence-corrected chi connectivity index (χ1v) is 9.50. The van der Waals surface area contributed by atoms with E-state index in [4.69, 9.17) is 0 Å². The van der Waals surface area contributed by atoms with E-state index in [2.05, 4.69) is 42.2 Å². The van der Waals surface area contributed by atoms with Crippen LogP contribution in [0.4, 0.5) is 14.6 Å². The summed E-state index contributed by atoms with van der Waals surface area (Å²) in [5.74, 6) is 0.126. The molecule has 3 heterocycles. The zero-order chi connectivity index (χ0) is 19.7. The van der Waals surface area contributed by atoms with Gasteiger partial charge < -0.3 is 4.90 Å². The highest BCUT2D eigenvalue weighted by Crippen LogP contribution is 2.25. The molecule has 2 aromatic heterocycles. The van der Waals surface area contributed by atoms with Crippen LogP contribution < -0.4 is 4.90 Å². The fraction of sp³-hybridized carbons (Fsp3) is 0.333. The first-order valence-electron chi connectivity index (χ1n) is 8.71. The highest BCUT2D eigenvalue weighted by molar-refractivity contribution is 9.10. The van der Waals surface area contributed by atoms with Crippen LogP contribution >= 0.6 is 15.9 Å². The molecule has 1 unspecified atom stereocenters. The molecule has 0 aliphatic carbocycles. The number of alkyl halides is 2. The van der Waals surface area contributed by atoms with Gasteiger partial charge in [-0.1, -0.05) is 28.1 Å². The molecule has 1 aliphatic rings. The SMILES string of the molecule is N#CC(c1ccc(Br)cc1)N1CCN(c2ccc3nnc(C(F)F)n3n2)CC1. The van der Waals surface area contributed by atoms with E-state index < -0.39 is 12.2 Å². The first-order chi connectivity index (χ1) is 13.6. The zero-order valence-electron chi connectivity index (χ0n) is 14.7. The lowest BCUT2D eigenvalue weighted by molar-refractivity contribution is 0.137. The second-order valence-corrected chi connectivity index (χ2v) is 7.34. The van der Waals surface area contributed by atoms with Gasteiger partial charge >= 0.3 is 0 Å². The lowest BCUT2D eigenvalue weighted by Gasteiger charge is -2.37. The van der Waals surface area contributed by atoms with Crippen molar-refractivity contribution in [2.45, 2.75) is 12.5 Å². The summed E-state index contributed by atoms with van der Waals surface area (Å²) >= 11 is 3.41. The summed E-state index contributed by atoms with van der Waals surface area (Å²) in [6.45, 7) is 2.61. The van der Waals surface area contributed by atoms with Crippen molar-refractivity contribution in [2.75, 3.05) is 31.1 Å². The highest BCUT2D eigenvalue weighted by Gasteiger charge is 2.26. The minimum Gasteiger partial charge on any atom is -0.353 e. The molecule has 1 atom stereocenters. The maximum atomic E-state index is 13.1. The quantitative estimate of drug-likeness (QED) is 0.611. The third-order valence-corrected chi connectivity index (χ3v) is 5.31. The van der Waals surface area contributed by atoms with Gasteiger partial charge in [-0.15, -0.1) is 15.3 Å². The van der Waals surface area contributed by atoms with Crippen LogP contribution in [-0.2, 0) is 0 Å². The number of halogens is 3. The van der Waals surface area contributed by atoms with Gasteiger partial charge in [0.15, 0.2) is 5.65 Å². The minimum absolute atomic E-state index is 0.289. The van der Waals surface area contributed by atoms with Gasteiger partial charge in [-0.2, -0.15) is 9.78 Å². The average Bonchev–Trinajstić information content (AvgIpc) is 3.14. The Hall–Kier alpha value is -2.64. The fourth-order valence-electron chi connectivity index (χ4n) is 3.32. The normalized spacial score (nSPS) is 16.5. The molecule has 7 nitrogen and oxygen atoms in total. The molecule has 0 spiro atoms. The van der Waals surface area contributed by atoms with E-state index in [1.807, 2.05) is 29.2 Å². The third-order valence-electron chi connectivity index (χ3n) is 4.78. The summed E-state index contributed by atoms with van der Waals surface area (Å²) in [5, 5.41) is 21.1. The van der Waals surface area contributed by atoms with Crippen LogP contribution in [0.25, 0.3) is 5.65 Å². The van der Waals surface area contributed by atoms with E-state index in [0.717, 1.165) is 14.6 Å². The number of benzene rings is 1. The topological polar surface area (TPSA) is 73.4 Å². The summed E-state index contributed by atoms with van der Waals surface area (Å²) in [5.41, 5.74) is 1.24. The van der Waals surface area contributed by atoms with Crippen molar-refractivity contribution >= 4 is 27.4 Å². The maximum Gasteiger partial charge on any atom is 0.299 e. The molecule has 1 saturated heterocycles. The van der Waals surface area contributed by atoms with E-state index in [9.17, 15) is 14.0 Å². The van der Waals surface area contributed by atoms with E-state index in [1.54, 1.807) is 12.1 Å². The van der Waals surface area contributed by atoms with E-state index in [1.165, 1.54) is 0 Å². The number of anilines is 1. The van der Waals surface area contributed by atoms with Crippen molar-refractivity contribution in [1.29, 1.82) is 5.26 Å². The predicted octanol–water partition coefficient (Wildman–Crippen LogP) is 3.21. The summed E-state index contributed by atoms with van der Waals surface area (Å²) in [7, 11) is 0. The zero-order valence-corrected chi connectivity index (χ0v) is 16.3. The van der Waals surface area contributed by atoms with Crippen molar-refractivity contribution in [3.8, 4) is 6.07 Å². The van der Waals surface area contributed by atoms with Crippen molar-refractivity contribution in [3.63, 3.8) is 0 Å². The van der Waals surface area contributed by atoms with E-state index in [-0.39, 0.29) is 11.7 Å². The Labute approximate surface area is 168 Å². The number of hydrogen-bond donors (Lipinski definition) is 0. The lowest BCUT2D eigenvalue weighted by atomic mass is 10.1. The number of piperazine rings is 1. The van der Waals surface area contributed by atoms with Crippen LogP contribution in [0.1, 0.15) is 23.9 Å². The molecule has 10 heteroatoms. The average molecular weight is 448 g/mol. The third kappa shape index (κ3) is 3.55. The molecule has 0 bridgehead atoms. The number of rotatable bonds is 4. The number of hydrogen-bond acceptors (Lipinski definition) is 6. The van der Waals surface area contributed by atoms with Crippen molar-refractivity contribution < 1.29 is 8.78 Å². The lowest BCUT2D eigenvalue weighted by Crippen LogP contribution is -2.47. The molecule has 4 rings (SSSR count).